The average molecular weight is 233 g/mol. The number of hydrogen-bond donors (Lipinski definition) is 3. The van der Waals surface area contributed by atoms with Gasteiger partial charge in [-0.1, -0.05) is 0 Å². The fourth-order valence-corrected chi connectivity index (χ4v) is 1.70. The quantitative estimate of drug-likeness (QED) is 0.653. The second-order valence-electron chi connectivity index (χ2n) is 3.79. The van der Waals surface area contributed by atoms with Crippen LogP contribution in [-0.2, 0) is 11.2 Å². The lowest BCUT2D eigenvalue weighted by molar-refractivity contribution is -0.106. The summed E-state index contributed by atoms with van der Waals surface area (Å²) < 4.78 is 0. The van der Waals surface area contributed by atoms with Crippen molar-refractivity contribution in [3.8, 4) is 0 Å². The molecule has 1 aromatic heterocycles. The Balaban J connectivity index is 2.18. The van der Waals surface area contributed by atoms with Crippen LogP contribution in [0.5, 0.6) is 0 Å². The molecule has 1 heterocycles. The second kappa shape index (κ2) is 5.45. The molecular formula is C12H15N3O2. The molecule has 17 heavy (non-hydrogen) atoms. The SMILES string of the molecule is O=CCNc1ccc2nc(CCCO)[nH]c2c1. The molecular weight excluding hydrogens is 218 g/mol. The zero-order valence-electron chi connectivity index (χ0n) is 9.44. The molecule has 0 aliphatic carbocycles. The highest BCUT2D eigenvalue weighted by molar-refractivity contribution is 5.79. The van der Waals surface area contributed by atoms with E-state index in [2.05, 4.69) is 15.3 Å². The van der Waals surface area contributed by atoms with Crippen molar-refractivity contribution in [1.82, 2.24) is 9.97 Å². The van der Waals surface area contributed by atoms with Gasteiger partial charge in [0.2, 0.25) is 0 Å². The normalized spacial score (nSPS) is 10.6. The maximum Gasteiger partial charge on any atom is 0.139 e. The fraction of sp³-hybridized carbons (Fsp3) is 0.333. The number of aromatic nitrogens is 2. The molecule has 0 unspecified atom stereocenters. The number of carbonyl (C=O) groups excluding carboxylic acids is 1. The van der Waals surface area contributed by atoms with Crippen LogP contribution in [0.15, 0.2) is 18.2 Å². The minimum Gasteiger partial charge on any atom is -0.396 e. The van der Waals surface area contributed by atoms with Gasteiger partial charge in [-0.2, -0.15) is 0 Å². The lowest BCUT2D eigenvalue weighted by atomic mass is 10.3. The largest absolute Gasteiger partial charge is 0.396 e. The Morgan fingerprint density at radius 2 is 2.35 bits per heavy atom. The highest BCUT2D eigenvalue weighted by Gasteiger charge is 2.03. The topological polar surface area (TPSA) is 78.0 Å². The summed E-state index contributed by atoms with van der Waals surface area (Å²) in [5.74, 6) is 0.876. The van der Waals surface area contributed by atoms with E-state index in [1.165, 1.54) is 0 Å². The summed E-state index contributed by atoms with van der Waals surface area (Å²) in [5.41, 5.74) is 2.73. The minimum absolute atomic E-state index is 0.170. The highest BCUT2D eigenvalue weighted by Crippen LogP contribution is 2.17. The summed E-state index contributed by atoms with van der Waals surface area (Å²) in [5, 5.41) is 11.7. The lowest BCUT2D eigenvalue weighted by Gasteiger charge is -2.00. The van der Waals surface area contributed by atoms with Crippen molar-refractivity contribution < 1.29 is 9.90 Å². The Hall–Kier alpha value is -1.88. The van der Waals surface area contributed by atoms with Gasteiger partial charge in [-0.3, -0.25) is 0 Å². The van der Waals surface area contributed by atoms with E-state index in [9.17, 15) is 4.79 Å². The molecule has 5 nitrogen and oxygen atoms in total. The van der Waals surface area contributed by atoms with Gasteiger partial charge in [-0.15, -0.1) is 0 Å². The summed E-state index contributed by atoms with van der Waals surface area (Å²) in [6, 6.07) is 5.72. The third-order valence-corrected chi connectivity index (χ3v) is 2.49. The standard InChI is InChI=1S/C12H15N3O2/c16-6-1-2-12-14-10-4-3-9(13-5-7-17)8-11(10)15-12/h3-4,7-8,13,16H,1-2,5-6H2,(H,14,15). The van der Waals surface area contributed by atoms with Crippen molar-refractivity contribution in [2.24, 2.45) is 0 Å². The Bertz CT molecular complexity index is 507. The number of hydrogen-bond acceptors (Lipinski definition) is 4. The second-order valence-corrected chi connectivity index (χ2v) is 3.79. The monoisotopic (exact) mass is 233 g/mol. The summed E-state index contributed by atoms with van der Waals surface area (Å²) >= 11 is 0. The van der Waals surface area contributed by atoms with Gasteiger partial charge in [-0.25, -0.2) is 4.98 Å². The van der Waals surface area contributed by atoms with Crippen LogP contribution in [0.2, 0.25) is 0 Å². The molecule has 3 N–H and O–H groups in total. The molecule has 0 bridgehead atoms. The molecule has 0 atom stereocenters. The van der Waals surface area contributed by atoms with Gasteiger partial charge in [0.1, 0.15) is 12.1 Å². The molecule has 0 radical (unpaired) electrons. The maximum atomic E-state index is 10.3. The van der Waals surface area contributed by atoms with Gasteiger partial charge in [0, 0.05) is 18.7 Å². The number of aromatic amines is 1. The van der Waals surface area contributed by atoms with E-state index < -0.39 is 0 Å². The van der Waals surface area contributed by atoms with Crippen LogP contribution in [0, 0.1) is 0 Å². The molecule has 0 fully saturated rings. The number of imidazole rings is 1. The first-order valence-corrected chi connectivity index (χ1v) is 5.60. The molecule has 0 aliphatic heterocycles. The van der Waals surface area contributed by atoms with Crippen LogP contribution in [0.4, 0.5) is 5.69 Å². The molecule has 0 amide bonds. The van der Waals surface area contributed by atoms with E-state index in [0.717, 1.165) is 35.3 Å². The lowest BCUT2D eigenvalue weighted by Crippen LogP contribution is -2.01. The van der Waals surface area contributed by atoms with E-state index in [-0.39, 0.29) is 6.61 Å². The molecule has 5 heteroatoms. The number of rotatable bonds is 6. The molecule has 0 spiro atoms. The summed E-state index contributed by atoms with van der Waals surface area (Å²) in [6.07, 6.45) is 2.27. The van der Waals surface area contributed by atoms with E-state index in [4.69, 9.17) is 5.11 Å². The molecule has 2 aromatic rings. The number of H-pyrrole nitrogens is 1. The van der Waals surface area contributed by atoms with E-state index >= 15 is 0 Å². The first-order chi connectivity index (χ1) is 8.33. The summed E-state index contributed by atoms with van der Waals surface area (Å²) in [6.45, 7) is 0.472. The van der Waals surface area contributed by atoms with Gasteiger partial charge in [0.05, 0.1) is 17.6 Å². The average Bonchev–Trinajstić information content (AvgIpc) is 2.75. The van der Waals surface area contributed by atoms with Crippen LogP contribution in [0.1, 0.15) is 12.2 Å². The summed E-state index contributed by atoms with van der Waals surface area (Å²) in [4.78, 5) is 17.9. The van der Waals surface area contributed by atoms with Gasteiger partial charge in [-0.05, 0) is 24.6 Å². The zero-order chi connectivity index (χ0) is 12.1. The number of anilines is 1. The van der Waals surface area contributed by atoms with Crippen molar-refractivity contribution >= 4 is 23.0 Å². The Morgan fingerprint density at radius 1 is 1.47 bits per heavy atom. The number of nitrogens with zero attached hydrogens (tertiary/aromatic N) is 1. The first kappa shape index (κ1) is 11.6. The minimum atomic E-state index is 0.170. The molecule has 0 saturated heterocycles. The number of aliphatic hydroxyl groups is 1. The van der Waals surface area contributed by atoms with Crippen molar-refractivity contribution in [3.63, 3.8) is 0 Å². The third kappa shape index (κ3) is 2.82. The van der Waals surface area contributed by atoms with Gasteiger partial charge in [0.15, 0.2) is 0 Å². The van der Waals surface area contributed by atoms with Gasteiger partial charge in [0.25, 0.3) is 0 Å². The van der Waals surface area contributed by atoms with Crippen LogP contribution in [0.25, 0.3) is 11.0 Å². The number of fused-ring (bicyclic) bond motifs is 1. The van der Waals surface area contributed by atoms with Crippen molar-refractivity contribution in [1.29, 1.82) is 0 Å². The summed E-state index contributed by atoms with van der Waals surface area (Å²) in [7, 11) is 0. The highest BCUT2D eigenvalue weighted by atomic mass is 16.2. The Kier molecular flexibility index (Phi) is 3.72. The smallest absolute Gasteiger partial charge is 0.139 e. The fourth-order valence-electron chi connectivity index (χ4n) is 1.70. The molecule has 0 saturated carbocycles. The number of benzene rings is 1. The predicted octanol–water partition coefficient (Wildman–Crippen LogP) is 1.10. The van der Waals surface area contributed by atoms with Crippen LogP contribution < -0.4 is 5.32 Å². The van der Waals surface area contributed by atoms with Gasteiger partial charge < -0.3 is 20.2 Å². The third-order valence-electron chi connectivity index (χ3n) is 2.49. The molecule has 2 rings (SSSR count). The Labute approximate surface area is 98.9 Å². The molecule has 90 valence electrons. The predicted molar refractivity (Wildman–Crippen MR) is 66.1 cm³/mol. The number of aldehydes is 1. The number of aryl methyl sites for hydroxylation is 1. The maximum absolute atomic E-state index is 10.3. The number of aliphatic hydroxyl groups excluding tert-OH is 1. The van der Waals surface area contributed by atoms with Crippen LogP contribution in [-0.4, -0.2) is 34.5 Å². The van der Waals surface area contributed by atoms with Crippen molar-refractivity contribution in [3.05, 3.63) is 24.0 Å². The van der Waals surface area contributed by atoms with Crippen LogP contribution >= 0.6 is 0 Å². The van der Waals surface area contributed by atoms with E-state index in [0.29, 0.717) is 13.0 Å². The van der Waals surface area contributed by atoms with Crippen LogP contribution in [0.3, 0.4) is 0 Å². The Morgan fingerprint density at radius 3 is 3.12 bits per heavy atom. The van der Waals surface area contributed by atoms with E-state index in [1.807, 2.05) is 18.2 Å². The van der Waals surface area contributed by atoms with Crippen molar-refractivity contribution in [2.75, 3.05) is 18.5 Å². The number of nitrogens with one attached hydrogen (secondary N) is 2. The molecule has 0 aliphatic rings. The van der Waals surface area contributed by atoms with Crippen molar-refractivity contribution in [2.45, 2.75) is 12.8 Å². The first-order valence-electron chi connectivity index (χ1n) is 5.60. The number of carbonyl (C=O) groups is 1. The van der Waals surface area contributed by atoms with Gasteiger partial charge >= 0.3 is 0 Å². The molecule has 1 aromatic carbocycles. The zero-order valence-corrected chi connectivity index (χ0v) is 9.44. The van der Waals surface area contributed by atoms with E-state index in [1.54, 1.807) is 0 Å².